The van der Waals surface area contributed by atoms with Crippen LogP contribution in [-0.2, 0) is 6.42 Å². The molecule has 3 heterocycles. The molecule has 0 aliphatic heterocycles. The largest absolute Gasteiger partial charge is 0.817 e. The van der Waals surface area contributed by atoms with Gasteiger partial charge in [0.1, 0.15) is 11.4 Å². The minimum Gasteiger partial charge on any atom is -0.817 e. The van der Waals surface area contributed by atoms with Gasteiger partial charge in [-0.25, -0.2) is 9.55 Å². The van der Waals surface area contributed by atoms with Crippen molar-refractivity contribution in [1.82, 2.24) is 14.6 Å². The van der Waals surface area contributed by atoms with Crippen molar-refractivity contribution >= 4 is 28.6 Å². The topological polar surface area (TPSA) is 57.1 Å². The molecular formula is C16H11ClN4OS. The summed E-state index contributed by atoms with van der Waals surface area (Å²) in [6.45, 7) is 0. The number of benzene rings is 1. The fourth-order valence-electron chi connectivity index (χ4n) is 2.54. The van der Waals surface area contributed by atoms with Crippen molar-refractivity contribution in [3.05, 3.63) is 69.8 Å². The molecule has 0 fully saturated rings. The zero-order valence-electron chi connectivity index (χ0n) is 11.9. The Kier molecular flexibility index (Phi) is 3.48. The van der Waals surface area contributed by atoms with Crippen molar-refractivity contribution in [3.63, 3.8) is 0 Å². The Morgan fingerprint density at radius 1 is 1.13 bits per heavy atom. The lowest BCUT2D eigenvalue weighted by Gasteiger charge is -2.02. The average molecular weight is 343 g/mol. The lowest BCUT2D eigenvalue weighted by molar-refractivity contribution is -0.629. The molecule has 114 valence electrons. The number of hydrogen-bond donors (Lipinski definition) is 0. The minimum absolute atomic E-state index is 0.300. The summed E-state index contributed by atoms with van der Waals surface area (Å²) in [5, 5.41) is 16.5. The SMILES string of the molecule is [O-]c1nn2c(Cc3cnc(Cl)s3)cccc2[n+]1-c1ccccc1. The fraction of sp³-hybridized carbons (Fsp3) is 0.0625. The molecule has 0 saturated heterocycles. The van der Waals surface area contributed by atoms with Gasteiger partial charge in [-0.1, -0.05) is 40.4 Å². The molecule has 0 N–H and O–H groups in total. The van der Waals surface area contributed by atoms with Gasteiger partial charge in [0.25, 0.3) is 11.7 Å². The summed E-state index contributed by atoms with van der Waals surface area (Å²) in [5.74, 6) is 0. The molecule has 7 heteroatoms. The summed E-state index contributed by atoms with van der Waals surface area (Å²) in [5.41, 5.74) is 2.44. The van der Waals surface area contributed by atoms with E-state index in [1.807, 2.05) is 48.5 Å². The average Bonchev–Trinajstić information content (AvgIpc) is 3.11. The van der Waals surface area contributed by atoms with Gasteiger partial charge in [-0.2, -0.15) is 0 Å². The Hall–Kier alpha value is -2.44. The molecular weight excluding hydrogens is 332 g/mol. The van der Waals surface area contributed by atoms with Gasteiger partial charge in [0.2, 0.25) is 0 Å². The predicted octanol–water partition coefficient (Wildman–Crippen LogP) is 2.39. The van der Waals surface area contributed by atoms with Crippen LogP contribution in [0, 0.1) is 0 Å². The van der Waals surface area contributed by atoms with E-state index < -0.39 is 0 Å². The van der Waals surface area contributed by atoms with E-state index in [4.69, 9.17) is 11.6 Å². The number of halogens is 1. The summed E-state index contributed by atoms with van der Waals surface area (Å²) in [7, 11) is 0. The van der Waals surface area contributed by atoms with Crippen LogP contribution in [0.15, 0.2) is 54.7 Å². The molecule has 0 unspecified atom stereocenters. The lowest BCUT2D eigenvalue weighted by atomic mass is 10.2. The Balaban J connectivity index is 1.86. The van der Waals surface area contributed by atoms with Crippen LogP contribution in [0.4, 0.5) is 0 Å². The van der Waals surface area contributed by atoms with Gasteiger partial charge < -0.3 is 5.11 Å². The smallest absolute Gasteiger partial charge is 0.270 e. The Morgan fingerprint density at radius 2 is 1.96 bits per heavy atom. The number of pyridine rings is 1. The van der Waals surface area contributed by atoms with Crippen LogP contribution in [-0.4, -0.2) is 14.6 Å². The molecule has 0 saturated carbocycles. The molecule has 5 nitrogen and oxygen atoms in total. The normalized spacial score (nSPS) is 11.2. The Labute approximate surface area is 141 Å². The molecule has 1 aromatic carbocycles. The maximum atomic E-state index is 12.3. The maximum Gasteiger partial charge on any atom is 0.270 e. The van der Waals surface area contributed by atoms with Crippen LogP contribution >= 0.6 is 22.9 Å². The van der Waals surface area contributed by atoms with E-state index in [2.05, 4.69) is 10.1 Å². The minimum atomic E-state index is -0.300. The molecule has 0 aliphatic rings. The Bertz CT molecular complexity index is 980. The van der Waals surface area contributed by atoms with Crippen LogP contribution in [0.3, 0.4) is 0 Å². The van der Waals surface area contributed by atoms with Crippen LogP contribution in [0.1, 0.15) is 10.6 Å². The monoisotopic (exact) mass is 342 g/mol. The third-order valence-corrected chi connectivity index (χ3v) is 4.64. The molecule has 4 rings (SSSR count). The highest BCUT2D eigenvalue weighted by molar-refractivity contribution is 7.15. The van der Waals surface area contributed by atoms with Crippen LogP contribution < -0.4 is 9.67 Å². The highest BCUT2D eigenvalue weighted by Crippen LogP contribution is 2.21. The standard InChI is InChI=1S/C16H11ClN4OS/c17-15-18-10-13(23-15)9-12-7-4-8-14-20(16(22)19-21(12)14)11-5-2-1-3-6-11/h1-8,10H,9H2. The number of aromatic nitrogens is 4. The van der Waals surface area contributed by atoms with Crippen molar-refractivity contribution in [2.24, 2.45) is 0 Å². The first-order valence-corrected chi connectivity index (χ1v) is 8.17. The van der Waals surface area contributed by atoms with Gasteiger partial charge in [-0.05, 0) is 18.2 Å². The molecule has 0 aliphatic carbocycles. The first-order chi connectivity index (χ1) is 11.2. The first-order valence-electron chi connectivity index (χ1n) is 6.98. The number of rotatable bonds is 3. The molecule has 0 bridgehead atoms. The van der Waals surface area contributed by atoms with E-state index >= 15 is 0 Å². The van der Waals surface area contributed by atoms with Gasteiger partial charge in [-0.15, -0.1) is 11.3 Å². The molecule has 23 heavy (non-hydrogen) atoms. The third-order valence-electron chi connectivity index (χ3n) is 3.52. The summed E-state index contributed by atoms with van der Waals surface area (Å²) < 4.78 is 3.79. The van der Waals surface area contributed by atoms with Crippen LogP contribution in [0.2, 0.25) is 4.47 Å². The second-order valence-electron chi connectivity index (χ2n) is 5.00. The summed E-state index contributed by atoms with van der Waals surface area (Å²) in [4.78, 5) is 5.08. The van der Waals surface area contributed by atoms with E-state index in [-0.39, 0.29) is 6.01 Å². The zero-order valence-corrected chi connectivity index (χ0v) is 13.5. The number of para-hydroxylation sites is 1. The van der Waals surface area contributed by atoms with Crippen LogP contribution in [0.25, 0.3) is 11.3 Å². The summed E-state index contributed by atoms with van der Waals surface area (Å²) >= 11 is 7.31. The van der Waals surface area contributed by atoms with Crippen molar-refractivity contribution in [3.8, 4) is 11.7 Å². The number of fused-ring (bicyclic) bond motifs is 1. The summed E-state index contributed by atoms with van der Waals surface area (Å²) in [6, 6.07) is 14.9. The quantitative estimate of drug-likeness (QED) is 0.537. The van der Waals surface area contributed by atoms with Gasteiger partial charge in [0.15, 0.2) is 4.47 Å². The van der Waals surface area contributed by atoms with Gasteiger partial charge in [-0.3, -0.25) is 0 Å². The van der Waals surface area contributed by atoms with E-state index in [1.54, 1.807) is 15.3 Å². The second-order valence-corrected chi connectivity index (χ2v) is 6.69. The van der Waals surface area contributed by atoms with Crippen LogP contribution in [0.5, 0.6) is 6.01 Å². The lowest BCUT2D eigenvalue weighted by Crippen LogP contribution is -2.33. The molecule has 0 amide bonds. The van der Waals surface area contributed by atoms with Gasteiger partial charge in [0, 0.05) is 28.7 Å². The first kappa shape index (κ1) is 14.2. The van der Waals surface area contributed by atoms with Gasteiger partial charge >= 0.3 is 0 Å². The van der Waals surface area contributed by atoms with E-state index in [9.17, 15) is 5.11 Å². The summed E-state index contributed by atoms with van der Waals surface area (Å²) in [6.07, 6.45) is 2.37. The van der Waals surface area contributed by atoms with E-state index in [1.165, 1.54) is 11.3 Å². The van der Waals surface area contributed by atoms with Crippen molar-refractivity contribution in [2.75, 3.05) is 0 Å². The highest BCUT2D eigenvalue weighted by atomic mass is 35.5. The maximum absolute atomic E-state index is 12.3. The molecule has 0 atom stereocenters. The number of hydrogen-bond acceptors (Lipinski definition) is 4. The van der Waals surface area contributed by atoms with E-state index in [0.717, 1.165) is 21.9 Å². The number of nitrogens with zero attached hydrogens (tertiary/aromatic N) is 4. The Morgan fingerprint density at radius 3 is 2.70 bits per heavy atom. The van der Waals surface area contributed by atoms with Gasteiger partial charge in [0.05, 0.1) is 0 Å². The second kappa shape index (κ2) is 5.64. The van der Waals surface area contributed by atoms with Crippen molar-refractivity contribution in [2.45, 2.75) is 6.42 Å². The number of thiazole rings is 1. The molecule has 3 aromatic heterocycles. The zero-order chi connectivity index (χ0) is 15.8. The third kappa shape index (κ3) is 2.56. The fourth-order valence-corrected chi connectivity index (χ4v) is 3.54. The molecule has 4 aromatic rings. The predicted molar refractivity (Wildman–Crippen MR) is 86.1 cm³/mol. The van der Waals surface area contributed by atoms with Crippen molar-refractivity contribution < 1.29 is 9.67 Å². The van der Waals surface area contributed by atoms with Crippen molar-refractivity contribution in [1.29, 1.82) is 0 Å². The highest BCUT2D eigenvalue weighted by Gasteiger charge is 2.18. The molecule has 0 spiro atoms. The molecule has 0 radical (unpaired) electrons. The van der Waals surface area contributed by atoms with E-state index in [0.29, 0.717) is 10.9 Å².